The summed E-state index contributed by atoms with van der Waals surface area (Å²) in [6.07, 6.45) is 3.88. The molecule has 2 aromatic heterocycles. The van der Waals surface area contributed by atoms with Crippen LogP contribution in [0, 0.1) is 0 Å². The fourth-order valence-corrected chi connectivity index (χ4v) is 4.87. The van der Waals surface area contributed by atoms with Crippen LogP contribution in [0.4, 0.5) is 11.4 Å². The molecule has 3 heterocycles. The molecule has 2 atom stereocenters. The zero-order valence-electron chi connectivity index (χ0n) is 18.4. The summed E-state index contributed by atoms with van der Waals surface area (Å²) >= 11 is 12.2. The summed E-state index contributed by atoms with van der Waals surface area (Å²) in [6.45, 7) is 0. The second-order valence-electron chi connectivity index (χ2n) is 8.19. The lowest BCUT2D eigenvalue weighted by molar-refractivity contribution is 0.549. The number of hydrogen-bond acceptors (Lipinski definition) is 3. The standard InChI is InChI=1S/C26H24ClN5S/c1-30(2)19-11-13-20(14-12-19)32-25(24(29-26(32)33)22-9-3-4-15-28-22)23-10-6-16-31(23)21-8-5-7-18(27)17-21/h3-17,24-25H,1-2H3,(H,29,33)/t24-,25-/m0/s1. The third kappa shape index (κ3) is 4.08. The highest BCUT2D eigenvalue weighted by Crippen LogP contribution is 2.42. The average molecular weight is 474 g/mol. The van der Waals surface area contributed by atoms with Crippen molar-refractivity contribution in [3.8, 4) is 5.69 Å². The number of benzene rings is 2. The third-order valence-corrected chi connectivity index (χ3v) is 6.46. The average Bonchev–Trinajstić information content (AvgIpc) is 3.44. The molecular weight excluding hydrogens is 450 g/mol. The first-order chi connectivity index (χ1) is 16.0. The molecule has 0 bridgehead atoms. The summed E-state index contributed by atoms with van der Waals surface area (Å²) in [6, 6.07) is 26.3. The molecule has 7 heteroatoms. The number of pyridine rings is 1. The molecule has 0 amide bonds. The highest BCUT2D eigenvalue weighted by molar-refractivity contribution is 7.80. The number of thiocarbonyl (C=S) groups is 1. The molecule has 2 aromatic carbocycles. The van der Waals surface area contributed by atoms with Crippen molar-refractivity contribution < 1.29 is 0 Å². The van der Waals surface area contributed by atoms with Crippen LogP contribution in [0.2, 0.25) is 5.02 Å². The number of aromatic nitrogens is 2. The molecule has 0 radical (unpaired) electrons. The smallest absolute Gasteiger partial charge is 0.174 e. The van der Waals surface area contributed by atoms with Gasteiger partial charge in [-0.1, -0.05) is 23.7 Å². The molecule has 0 aliphatic carbocycles. The van der Waals surface area contributed by atoms with Crippen molar-refractivity contribution in [1.82, 2.24) is 14.9 Å². The number of hydrogen-bond donors (Lipinski definition) is 1. The topological polar surface area (TPSA) is 36.3 Å². The van der Waals surface area contributed by atoms with Gasteiger partial charge >= 0.3 is 0 Å². The van der Waals surface area contributed by atoms with Crippen molar-refractivity contribution in [2.45, 2.75) is 12.1 Å². The van der Waals surface area contributed by atoms with Crippen molar-refractivity contribution in [2.24, 2.45) is 0 Å². The SMILES string of the molecule is CN(C)c1ccc(N2C(=S)N[C@@H](c3ccccn3)[C@@H]2c2cccn2-c2cccc(Cl)c2)cc1. The molecule has 166 valence electrons. The van der Waals surface area contributed by atoms with Crippen LogP contribution in [-0.4, -0.2) is 28.8 Å². The van der Waals surface area contributed by atoms with Gasteiger partial charge in [-0.25, -0.2) is 0 Å². The summed E-state index contributed by atoms with van der Waals surface area (Å²) in [5, 5.41) is 4.90. The summed E-state index contributed by atoms with van der Waals surface area (Å²) in [5.74, 6) is 0. The predicted molar refractivity (Wildman–Crippen MR) is 139 cm³/mol. The van der Waals surface area contributed by atoms with Crippen molar-refractivity contribution in [1.29, 1.82) is 0 Å². The Labute approximate surface area is 204 Å². The van der Waals surface area contributed by atoms with Gasteiger partial charge < -0.3 is 19.7 Å². The van der Waals surface area contributed by atoms with Crippen LogP contribution in [0.15, 0.2) is 91.3 Å². The lowest BCUT2D eigenvalue weighted by Crippen LogP contribution is -2.30. The molecule has 5 nitrogen and oxygen atoms in total. The van der Waals surface area contributed by atoms with Crippen LogP contribution in [0.3, 0.4) is 0 Å². The van der Waals surface area contributed by atoms with Gasteiger partial charge in [0.25, 0.3) is 0 Å². The van der Waals surface area contributed by atoms with Crippen molar-refractivity contribution in [2.75, 3.05) is 23.9 Å². The number of rotatable bonds is 5. The molecule has 1 aliphatic rings. The Morgan fingerprint density at radius 1 is 0.939 bits per heavy atom. The van der Waals surface area contributed by atoms with Gasteiger partial charge in [-0.2, -0.15) is 0 Å². The molecular formula is C26H24ClN5S. The quantitative estimate of drug-likeness (QED) is 0.372. The minimum Gasteiger partial charge on any atom is -0.378 e. The van der Waals surface area contributed by atoms with Crippen molar-refractivity contribution in [3.63, 3.8) is 0 Å². The fraction of sp³-hybridized carbons (Fsp3) is 0.154. The van der Waals surface area contributed by atoms with E-state index in [1.54, 1.807) is 0 Å². The van der Waals surface area contributed by atoms with Gasteiger partial charge in [0.05, 0.1) is 11.7 Å². The fourth-order valence-electron chi connectivity index (χ4n) is 4.34. The highest BCUT2D eigenvalue weighted by atomic mass is 35.5. The number of halogens is 1. The minimum absolute atomic E-state index is 0.105. The van der Waals surface area contributed by atoms with E-state index in [9.17, 15) is 0 Å². The lowest BCUT2D eigenvalue weighted by Gasteiger charge is -2.29. The van der Waals surface area contributed by atoms with E-state index < -0.39 is 0 Å². The monoisotopic (exact) mass is 473 g/mol. The first-order valence-electron chi connectivity index (χ1n) is 10.7. The Bertz CT molecular complexity index is 1270. The molecule has 1 aliphatic heterocycles. The van der Waals surface area contributed by atoms with E-state index in [0.717, 1.165) is 28.5 Å². The van der Waals surface area contributed by atoms with E-state index in [1.165, 1.54) is 0 Å². The van der Waals surface area contributed by atoms with Crippen molar-refractivity contribution in [3.05, 3.63) is 108 Å². The largest absolute Gasteiger partial charge is 0.378 e. The maximum Gasteiger partial charge on any atom is 0.174 e. The lowest BCUT2D eigenvalue weighted by atomic mass is 10.0. The van der Waals surface area contributed by atoms with Gasteiger partial charge in [0.15, 0.2) is 5.11 Å². The molecule has 1 N–H and O–H groups in total. The van der Waals surface area contributed by atoms with Crippen LogP contribution in [0.5, 0.6) is 0 Å². The summed E-state index contributed by atoms with van der Waals surface area (Å²) in [7, 11) is 4.07. The molecule has 0 saturated carbocycles. The van der Waals surface area contributed by atoms with E-state index in [-0.39, 0.29) is 12.1 Å². The first-order valence-corrected chi connectivity index (χ1v) is 11.5. The predicted octanol–water partition coefficient (Wildman–Crippen LogP) is 5.77. The molecule has 0 unspecified atom stereocenters. The van der Waals surface area contributed by atoms with E-state index in [0.29, 0.717) is 10.1 Å². The van der Waals surface area contributed by atoms with E-state index in [1.807, 2.05) is 56.7 Å². The molecule has 1 fully saturated rings. The minimum atomic E-state index is -0.111. The zero-order valence-corrected chi connectivity index (χ0v) is 20.0. The summed E-state index contributed by atoms with van der Waals surface area (Å²) in [4.78, 5) is 8.92. The summed E-state index contributed by atoms with van der Waals surface area (Å²) in [5.41, 5.74) is 5.20. The zero-order chi connectivity index (χ0) is 22.9. The van der Waals surface area contributed by atoms with Gasteiger partial charge in [0.1, 0.15) is 6.04 Å². The highest BCUT2D eigenvalue weighted by Gasteiger charge is 2.42. The van der Waals surface area contributed by atoms with Gasteiger partial charge in [-0.3, -0.25) is 4.98 Å². The van der Waals surface area contributed by atoms with Gasteiger partial charge in [-0.05, 0) is 78.9 Å². The van der Waals surface area contributed by atoms with Crippen LogP contribution in [0.1, 0.15) is 23.5 Å². The molecule has 0 spiro atoms. The molecule has 4 aromatic rings. The maximum atomic E-state index is 6.32. The number of nitrogens with zero attached hydrogens (tertiary/aromatic N) is 4. The second-order valence-corrected chi connectivity index (χ2v) is 9.01. The first kappa shape index (κ1) is 21.5. The Kier molecular flexibility index (Phi) is 5.79. The Morgan fingerprint density at radius 3 is 2.45 bits per heavy atom. The molecule has 5 rings (SSSR count). The van der Waals surface area contributed by atoms with Gasteiger partial charge in [0.2, 0.25) is 0 Å². The van der Waals surface area contributed by atoms with Crippen LogP contribution in [-0.2, 0) is 0 Å². The second kappa shape index (κ2) is 8.89. The van der Waals surface area contributed by atoms with E-state index >= 15 is 0 Å². The Morgan fingerprint density at radius 2 is 1.76 bits per heavy atom. The molecule has 33 heavy (non-hydrogen) atoms. The van der Waals surface area contributed by atoms with Crippen LogP contribution in [0.25, 0.3) is 5.69 Å². The van der Waals surface area contributed by atoms with Gasteiger partial charge in [-0.15, -0.1) is 0 Å². The van der Waals surface area contributed by atoms with E-state index in [2.05, 4.69) is 73.3 Å². The van der Waals surface area contributed by atoms with Crippen LogP contribution < -0.4 is 15.1 Å². The number of nitrogens with one attached hydrogen (secondary N) is 1. The third-order valence-electron chi connectivity index (χ3n) is 5.91. The molecule has 1 saturated heterocycles. The van der Waals surface area contributed by atoms with Crippen LogP contribution >= 0.6 is 23.8 Å². The maximum absolute atomic E-state index is 6.32. The normalized spacial score (nSPS) is 17.8. The Balaban J connectivity index is 1.64. The van der Waals surface area contributed by atoms with Crippen molar-refractivity contribution >= 4 is 40.3 Å². The van der Waals surface area contributed by atoms with Gasteiger partial charge in [0, 0.05) is 54.3 Å². The number of anilines is 2. The Hall–Kier alpha value is -3.35. The van der Waals surface area contributed by atoms with E-state index in [4.69, 9.17) is 23.8 Å². The summed E-state index contributed by atoms with van der Waals surface area (Å²) < 4.78 is 2.17.